The molecule has 0 unspecified atom stereocenters. The lowest BCUT2D eigenvalue weighted by Gasteiger charge is -2.07. The summed E-state index contributed by atoms with van der Waals surface area (Å²) in [7, 11) is 0. The van der Waals surface area contributed by atoms with Gasteiger partial charge in [0.25, 0.3) is 5.22 Å². The summed E-state index contributed by atoms with van der Waals surface area (Å²) >= 11 is 7.38. The third kappa shape index (κ3) is 4.48. The van der Waals surface area contributed by atoms with E-state index in [0.717, 1.165) is 11.1 Å². The van der Waals surface area contributed by atoms with Crippen molar-refractivity contribution in [2.24, 2.45) is 0 Å². The Morgan fingerprint density at radius 2 is 1.96 bits per heavy atom. The monoisotopic (exact) mass is 386 g/mol. The van der Waals surface area contributed by atoms with E-state index in [-0.39, 0.29) is 11.7 Å². The van der Waals surface area contributed by atoms with Gasteiger partial charge in [0, 0.05) is 5.56 Å². The van der Waals surface area contributed by atoms with Crippen molar-refractivity contribution >= 4 is 35.0 Å². The number of nitrogens with zero attached hydrogens (tertiary/aromatic N) is 1. The molecule has 4 nitrogen and oxygen atoms in total. The maximum atomic E-state index is 12.1. The van der Waals surface area contributed by atoms with E-state index in [4.69, 9.17) is 16.0 Å². The third-order valence-corrected chi connectivity index (χ3v) is 5.16. The fraction of sp³-hybridized carbons (Fsp3) is 0.200. The number of amides is 1. The number of halogens is 1. The zero-order valence-corrected chi connectivity index (χ0v) is 16.4. The number of thioether (sulfide) groups is 1. The minimum Gasteiger partial charge on any atom is -0.431 e. The van der Waals surface area contributed by atoms with Gasteiger partial charge >= 0.3 is 0 Å². The molecule has 3 aromatic rings. The van der Waals surface area contributed by atoms with Gasteiger partial charge in [0.2, 0.25) is 5.91 Å². The maximum absolute atomic E-state index is 12.1. The first kappa shape index (κ1) is 18.5. The molecule has 0 bridgehead atoms. The first-order valence-electron chi connectivity index (χ1n) is 8.14. The van der Waals surface area contributed by atoms with Crippen LogP contribution in [0.3, 0.4) is 0 Å². The molecule has 1 heterocycles. The van der Waals surface area contributed by atoms with Crippen molar-refractivity contribution in [3.8, 4) is 11.3 Å². The predicted molar refractivity (Wildman–Crippen MR) is 107 cm³/mol. The Bertz CT molecular complexity index is 953. The average Bonchev–Trinajstić information content (AvgIpc) is 3.07. The summed E-state index contributed by atoms with van der Waals surface area (Å²) in [5.74, 6) is 0.723. The second-order valence-corrected chi connectivity index (χ2v) is 7.44. The van der Waals surface area contributed by atoms with Crippen LogP contribution in [-0.2, 0) is 4.79 Å². The highest BCUT2D eigenvalue weighted by molar-refractivity contribution is 7.99. The number of nitrogens with one attached hydrogen (secondary N) is 1. The van der Waals surface area contributed by atoms with Gasteiger partial charge in [-0.25, -0.2) is 4.98 Å². The molecule has 2 aromatic carbocycles. The van der Waals surface area contributed by atoms with Crippen molar-refractivity contribution in [1.29, 1.82) is 0 Å². The summed E-state index contributed by atoms with van der Waals surface area (Å²) in [5.41, 5.74) is 5.05. The van der Waals surface area contributed by atoms with Crippen molar-refractivity contribution in [2.75, 3.05) is 11.1 Å². The van der Waals surface area contributed by atoms with Crippen molar-refractivity contribution in [2.45, 2.75) is 26.0 Å². The Morgan fingerprint density at radius 3 is 2.69 bits per heavy atom. The second-order valence-electron chi connectivity index (χ2n) is 6.11. The van der Waals surface area contributed by atoms with Crippen LogP contribution in [-0.4, -0.2) is 16.6 Å². The first-order valence-corrected chi connectivity index (χ1v) is 9.51. The van der Waals surface area contributed by atoms with E-state index >= 15 is 0 Å². The molecule has 1 amide bonds. The molecule has 6 heteroatoms. The standard InChI is InChI=1S/C20H19ClN2O2S/c1-12-4-7-17(16(21)8-12)23-19(24)11-26-20-22-10-18(25-20)15-6-5-13(2)14(3)9-15/h4-10H,11H2,1-3H3,(H,23,24). The van der Waals surface area contributed by atoms with Crippen LogP contribution >= 0.6 is 23.4 Å². The van der Waals surface area contributed by atoms with Gasteiger partial charge in [0.1, 0.15) is 0 Å². The van der Waals surface area contributed by atoms with Crippen molar-refractivity contribution in [3.63, 3.8) is 0 Å². The van der Waals surface area contributed by atoms with Crippen LogP contribution in [0.15, 0.2) is 52.2 Å². The smallest absolute Gasteiger partial charge is 0.256 e. The Balaban J connectivity index is 1.60. The molecule has 3 rings (SSSR count). The van der Waals surface area contributed by atoms with Gasteiger partial charge in [-0.3, -0.25) is 4.79 Å². The lowest BCUT2D eigenvalue weighted by molar-refractivity contribution is -0.113. The number of oxazole rings is 1. The zero-order chi connectivity index (χ0) is 18.7. The highest BCUT2D eigenvalue weighted by Crippen LogP contribution is 2.27. The van der Waals surface area contributed by atoms with Crippen molar-refractivity contribution < 1.29 is 9.21 Å². The maximum Gasteiger partial charge on any atom is 0.256 e. The fourth-order valence-corrected chi connectivity index (χ4v) is 3.27. The Labute approximate surface area is 162 Å². The molecule has 0 aliphatic rings. The molecule has 134 valence electrons. The molecule has 1 aromatic heterocycles. The Kier molecular flexibility index (Phi) is 5.69. The van der Waals surface area contributed by atoms with Crippen LogP contribution in [0.5, 0.6) is 0 Å². The Morgan fingerprint density at radius 1 is 1.15 bits per heavy atom. The molecular formula is C20H19ClN2O2S. The molecule has 0 spiro atoms. The lowest BCUT2D eigenvalue weighted by atomic mass is 10.1. The summed E-state index contributed by atoms with van der Waals surface area (Å²) < 4.78 is 5.75. The quantitative estimate of drug-likeness (QED) is 0.575. The van der Waals surface area contributed by atoms with E-state index in [1.165, 1.54) is 22.9 Å². The van der Waals surface area contributed by atoms with Gasteiger partial charge in [0.15, 0.2) is 5.76 Å². The van der Waals surface area contributed by atoms with Crippen molar-refractivity contribution in [3.05, 3.63) is 64.3 Å². The number of benzene rings is 2. The van der Waals surface area contributed by atoms with Gasteiger partial charge in [-0.2, -0.15) is 0 Å². The molecule has 0 saturated heterocycles. The highest BCUT2D eigenvalue weighted by atomic mass is 35.5. The van der Waals surface area contributed by atoms with Gasteiger partial charge in [-0.1, -0.05) is 41.6 Å². The lowest BCUT2D eigenvalue weighted by Crippen LogP contribution is -2.14. The minimum absolute atomic E-state index is 0.160. The molecule has 26 heavy (non-hydrogen) atoms. The van der Waals surface area contributed by atoms with Gasteiger partial charge in [0.05, 0.1) is 22.7 Å². The van der Waals surface area contributed by atoms with E-state index in [0.29, 0.717) is 21.7 Å². The van der Waals surface area contributed by atoms with E-state index in [2.05, 4.69) is 36.3 Å². The van der Waals surface area contributed by atoms with Crippen LogP contribution in [0.2, 0.25) is 5.02 Å². The van der Waals surface area contributed by atoms with Crippen LogP contribution < -0.4 is 5.32 Å². The number of hydrogen-bond acceptors (Lipinski definition) is 4. The van der Waals surface area contributed by atoms with Crippen LogP contribution in [0.4, 0.5) is 5.69 Å². The fourth-order valence-electron chi connectivity index (χ4n) is 2.39. The SMILES string of the molecule is Cc1ccc(NC(=O)CSc2ncc(-c3ccc(C)c(C)c3)o2)c(Cl)c1. The van der Waals surface area contributed by atoms with E-state index in [1.54, 1.807) is 12.3 Å². The summed E-state index contributed by atoms with van der Waals surface area (Å²) in [6, 6.07) is 11.6. The average molecular weight is 387 g/mol. The van der Waals surface area contributed by atoms with Crippen LogP contribution in [0, 0.1) is 20.8 Å². The molecule has 0 atom stereocenters. The largest absolute Gasteiger partial charge is 0.431 e. The number of carbonyl (C=O) groups is 1. The molecule has 0 saturated carbocycles. The molecule has 0 aliphatic heterocycles. The Hall–Kier alpha value is -2.24. The summed E-state index contributed by atoms with van der Waals surface area (Å²) in [4.78, 5) is 16.4. The number of aromatic nitrogens is 1. The summed E-state index contributed by atoms with van der Waals surface area (Å²) in [6.45, 7) is 6.08. The van der Waals surface area contributed by atoms with Crippen LogP contribution in [0.25, 0.3) is 11.3 Å². The highest BCUT2D eigenvalue weighted by Gasteiger charge is 2.11. The number of anilines is 1. The summed E-state index contributed by atoms with van der Waals surface area (Å²) in [5, 5.41) is 3.78. The second kappa shape index (κ2) is 7.98. The number of aryl methyl sites for hydroxylation is 3. The topological polar surface area (TPSA) is 55.1 Å². The van der Waals surface area contributed by atoms with E-state index in [9.17, 15) is 4.79 Å². The van der Waals surface area contributed by atoms with Gasteiger partial charge < -0.3 is 9.73 Å². The summed E-state index contributed by atoms with van der Waals surface area (Å²) in [6.07, 6.45) is 1.68. The number of hydrogen-bond donors (Lipinski definition) is 1. The van der Waals surface area contributed by atoms with Gasteiger partial charge in [-0.15, -0.1) is 0 Å². The van der Waals surface area contributed by atoms with E-state index in [1.807, 2.05) is 25.1 Å². The predicted octanol–water partition coefficient (Wildman–Crippen LogP) is 5.65. The molecule has 0 aliphatic carbocycles. The number of rotatable bonds is 5. The van der Waals surface area contributed by atoms with Gasteiger partial charge in [-0.05, 0) is 55.7 Å². The minimum atomic E-state index is -0.160. The molecule has 0 fully saturated rings. The van der Waals surface area contributed by atoms with Crippen molar-refractivity contribution in [1.82, 2.24) is 4.98 Å². The van der Waals surface area contributed by atoms with Crippen LogP contribution in [0.1, 0.15) is 16.7 Å². The third-order valence-electron chi connectivity index (χ3n) is 4.00. The van der Waals surface area contributed by atoms with E-state index < -0.39 is 0 Å². The normalized spacial score (nSPS) is 10.8. The first-order chi connectivity index (χ1) is 12.4. The number of carbonyl (C=O) groups excluding carboxylic acids is 1. The molecule has 0 radical (unpaired) electrons. The zero-order valence-electron chi connectivity index (χ0n) is 14.8. The molecular weight excluding hydrogens is 368 g/mol. The molecule has 1 N–H and O–H groups in total.